The molecule has 0 bridgehead atoms. The Morgan fingerprint density at radius 1 is 0.491 bits per heavy atom. The average molecular weight is 800 g/mol. The van der Waals surface area contributed by atoms with E-state index in [1.807, 2.05) is 24.3 Å². The predicted molar refractivity (Wildman–Crippen MR) is 224 cm³/mol. The molecule has 0 saturated heterocycles. The van der Waals surface area contributed by atoms with Crippen molar-refractivity contribution < 1.29 is 47.5 Å². The third-order valence-electron chi connectivity index (χ3n) is 10.1. The van der Waals surface area contributed by atoms with Crippen molar-refractivity contribution in [1.82, 2.24) is 4.90 Å². The molecule has 2 aromatic rings. The number of nitrogens with zero attached hydrogens (tertiary/aromatic N) is 1. The fourth-order valence-electron chi connectivity index (χ4n) is 6.77. The van der Waals surface area contributed by atoms with E-state index in [1.165, 1.54) is 97.8 Å². The molecular weight excluding hydrogens is 727 g/mol. The van der Waals surface area contributed by atoms with E-state index in [9.17, 15) is 9.59 Å². The first-order valence-electron chi connectivity index (χ1n) is 21.8. The van der Waals surface area contributed by atoms with Crippen LogP contribution in [0.25, 0.3) is 11.1 Å². The van der Waals surface area contributed by atoms with Gasteiger partial charge < -0.3 is 42.8 Å². The molecule has 1 aliphatic rings. The lowest BCUT2D eigenvalue weighted by atomic mass is 9.98. The van der Waals surface area contributed by atoms with Gasteiger partial charge in [-0.3, -0.25) is 4.79 Å². The topological polar surface area (TPSA) is 111 Å². The van der Waals surface area contributed by atoms with Gasteiger partial charge in [-0.25, -0.2) is 4.79 Å². The van der Waals surface area contributed by atoms with E-state index in [4.69, 9.17) is 37.9 Å². The molecule has 0 heterocycles. The summed E-state index contributed by atoms with van der Waals surface area (Å²) in [4.78, 5) is 26.1. The number of amides is 1. The molecule has 1 aliphatic carbocycles. The Kier molecular flexibility index (Phi) is 27.8. The van der Waals surface area contributed by atoms with Gasteiger partial charge in [0.2, 0.25) is 0 Å². The highest BCUT2D eigenvalue weighted by Crippen LogP contribution is 2.44. The molecule has 0 unspecified atom stereocenters. The van der Waals surface area contributed by atoms with Crippen LogP contribution in [0.3, 0.4) is 0 Å². The van der Waals surface area contributed by atoms with Gasteiger partial charge in [0, 0.05) is 25.9 Å². The van der Waals surface area contributed by atoms with Crippen molar-refractivity contribution in [2.24, 2.45) is 0 Å². The lowest BCUT2D eigenvalue weighted by Crippen LogP contribution is -2.32. The van der Waals surface area contributed by atoms with Crippen LogP contribution in [-0.2, 0) is 42.7 Å². The first kappa shape index (κ1) is 48.3. The second-order valence-electron chi connectivity index (χ2n) is 14.6. The summed E-state index contributed by atoms with van der Waals surface area (Å²) in [5.74, 6) is -0.0973. The van der Waals surface area contributed by atoms with E-state index in [1.54, 1.807) is 7.05 Å². The van der Waals surface area contributed by atoms with Crippen molar-refractivity contribution in [2.45, 2.75) is 103 Å². The first-order chi connectivity index (χ1) is 28.1. The van der Waals surface area contributed by atoms with Crippen LogP contribution >= 0.6 is 0 Å². The van der Waals surface area contributed by atoms with Gasteiger partial charge >= 0.3 is 12.1 Å². The maximum Gasteiger partial charge on any atom is 0.409 e. The van der Waals surface area contributed by atoms with E-state index in [0.717, 1.165) is 12.8 Å². The summed E-state index contributed by atoms with van der Waals surface area (Å²) in [6, 6.07) is 16.6. The number of rotatable bonds is 37. The number of likely N-dealkylation sites (N-methyl/N-ethyl adjacent to an activating group) is 1. The number of carbonyl (C=O) groups is 2. The largest absolute Gasteiger partial charge is 0.463 e. The van der Waals surface area contributed by atoms with Gasteiger partial charge in [0.25, 0.3) is 0 Å². The summed E-state index contributed by atoms with van der Waals surface area (Å²) >= 11 is 0. The Morgan fingerprint density at radius 3 is 1.33 bits per heavy atom. The Labute approximate surface area is 343 Å². The second kappa shape index (κ2) is 32.8. The van der Waals surface area contributed by atoms with Crippen LogP contribution in [0.4, 0.5) is 4.79 Å². The zero-order chi connectivity index (χ0) is 40.4. The minimum Gasteiger partial charge on any atom is -0.463 e. The lowest BCUT2D eigenvalue weighted by Gasteiger charge is -2.19. The SMILES string of the molecule is CCCCCCCCCCCCCCCC(=O)OCCOCCOCCOCCOCCOCCOCCN(C)C(=O)OCC1c2ccccc2-c2ccccc21. The summed E-state index contributed by atoms with van der Waals surface area (Å²) in [5, 5.41) is 0. The van der Waals surface area contributed by atoms with E-state index >= 15 is 0 Å². The molecule has 0 saturated carbocycles. The summed E-state index contributed by atoms with van der Waals surface area (Å²) in [6.45, 7) is 8.66. The highest BCUT2D eigenvalue weighted by molar-refractivity contribution is 5.79. The summed E-state index contributed by atoms with van der Waals surface area (Å²) in [7, 11) is 1.72. The minimum atomic E-state index is -0.363. The smallest absolute Gasteiger partial charge is 0.409 e. The average Bonchev–Trinajstić information content (AvgIpc) is 3.55. The number of unbranched alkanes of at least 4 members (excludes halogenated alkanes) is 12. The Morgan fingerprint density at radius 2 is 0.877 bits per heavy atom. The van der Waals surface area contributed by atoms with Crippen LogP contribution in [0.5, 0.6) is 0 Å². The zero-order valence-corrected chi connectivity index (χ0v) is 35.2. The van der Waals surface area contributed by atoms with Crippen LogP contribution in [0.15, 0.2) is 48.5 Å². The first-order valence-corrected chi connectivity index (χ1v) is 21.8. The van der Waals surface area contributed by atoms with Crippen LogP contribution in [0.1, 0.15) is 114 Å². The summed E-state index contributed by atoms with van der Waals surface area (Å²) in [6.07, 6.45) is 16.9. The molecule has 2 aromatic carbocycles. The Hall–Kier alpha value is -3.06. The Bertz CT molecular complexity index is 1260. The van der Waals surface area contributed by atoms with Gasteiger partial charge in [0.1, 0.15) is 13.2 Å². The van der Waals surface area contributed by atoms with Crippen molar-refractivity contribution in [3.8, 4) is 11.1 Å². The van der Waals surface area contributed by atoms with Crippen molar-refractivity contribution in [1.29, 1.82) is 0 Å². The third-order valence-corrected chi connectivity index (χ3v) is 10.1. The molecule has 0 aromatic heterocycles. The second-order valence-corrected chi connectivity index (χ2v) is 14.6. The number of hydrogen-bond acceptors (Lipinski definition) is 10. The normalized spacial score (nSPS) is 12.1. The molecular formula is C46H73NO10. The summed E-state index contributed by atoms with van der Waals surface area (Å²) in [5.41, 5.74) is 4.80. The molecule has 0 atom stereocenters. The van der Waals surface area contributed by atoms with Crippen molar-refractivity contribution in [3.05, 3.63) is 59.7 Å². The van der Waals surface area contributed by atoms with Crippen molar-refractivity contribution >= 4 is 12.1 Å². The number of carbonyl (C=O) groups excluding carboxylic acids is 2. The molecule has 57 heavy (non-hydrogen) atoms. The highest BCUT2D eigenvalue weighted by atomic mass is 16.6. The van der Waals surface area contributed by atoms with Gasteiger partial charge in [-0.05, 0) is 28.7 Å². The molecule has 322 valence electrons. The quantitative estimate of drug-likeness (QED) is 0.0485. The zero-order valence-electron chi connectivity index (χ0n) is 35.2. The molecule has 11 heteroatoms. The predicted octanol–water partition coefficient (Wildman–Crippen LogP) is 8.99. The molecule has 0 N–H and O–H groups in total. The molecule has 3 rings (SSSR count). The van der Waals surface area contributed by atoms with E-state index < -0.39 is 0 Å². The fraction of sp³-hybridized carbons (Fsp3) is 0.696. The lowest BCUT2D eigenvalue weighted by molar-refractivity contribution is -0.145. The van der Waals surface area contributed by atoms with Crippen LogP contribution in [-0.4, -0.2) is 123 Å². The number of fused-ring (bicyclic) bond motifs is 3. The van der Waals surface area contributed by atoms with Gasteiger partial charge in [-0.15, -0.1) is 0 Å². The Balaban J connectivity index is 0.977. The number of hydrogen-bond donors (Lipinski definition) is 0. The van der Waals surface area contributed by atoms with Crippen LogP contribution in [0.2, 0.25) is 0 Å². The minimum absolute atomic E-state index is 0.0387. The van der Waals surface area contributed by atoms with Gasteiger partial charge in [-0.1, -0.05) is 133 Å². The van der Waals surface area contributed by atoms with E-state index in [0.29, 0.717) is 98.9 Å². The number of ether oxygens (including phenoxy) is 8. The summed E-state index contributed by atoms with van der Waals surface area (Å²) < 4.78 is 44.2. The maximum absolute atomic E-state index is 12.6. The van der Waals surface area contributed by atoms with Gasteiger partial charge in [0.05, 0.1) is 79.3 Å². The van der Waals surface area contributed by atoms with Gasteiger partial charge in [0.15, 0.2) is 0 Å². The molecule has 0 spiro atoms. The molecule has 1 amide bonds. The number of benzene rings is 2. The van der Waals surface area contributed by atoms with Crippen LogP contribution in [0, 0.1) is 0 Å². The number of esters is 1. The third kappa shape index (κ3) is 22.0. The van der Waals surface area contributed by atoms with Crippen molar-refractivity contribution in [3.63, 3.8) is 0 Å². The standard InChI is InChI=1S/C46H73NO10/c1-3-4-5-6-7-8-9-10-11-12-13-14-15-24-45(48)56-38-37-55-36-35-54-34-33-53-32-31-52-30-29-51-28-27-50-26-25-47(2)46(49)57-39-44-42-22-18-16-20-40(42)41-21-17-19-23-43(41)44/h16-23,44H,3-15,24-39H2,1-2H3. The van der Waals surface area contributed by atoms with Gasteiger partial charge in [-0.2, -0.15) is 0 Å². The maximum atomic E-state index is 12.6. The monoisotopic (exact) mass is 800 g/mol. The van der Waals surface area contributed by atoms with E-state index in [-0.39, 0.29) is 24.6 Å². The van der Waals surface area contributed by atoms with Crippen molar-refractivity contribution in [2.75, 3.05) is 106 Å². The molecule has 0 fully saturated rings. The molecule has 0 aliphatic heterocycles. The fourth-order valence-corrected chi connectivity index (χ4v) is 6.77. The van der Waals surface area contributed by atoms with Crippen LogP contribution < -0.4 is 0 Å². The highest BCUT2D eigenvalue weighted by Gasteiger charge is 2.29. The molecule has 0 radical (unpaired) electrons. The molecule has 11 nitrogen and oxygen atoms in total. The van der Waals surface area contributed by atoms with E-state index in [2.05, 4.69) is 31.2 Å².